The Morgan fingerprint density at radius 2 is 1.25 bits per heavy atom. The Labute approximate surface area is 103 Å². The Hall–Kier alpha value is -0.0800. The summed E-state index contributed by atoms with van der Waals surface area (Å²) in [6.45, 7) is 4.60. The van der Waals surface area contributed by atoms with E-state index in [2.05, 4.69) is 32.8 Å². The summed E-state index contributed by atoms with van der Waals surface area (Å²) in [5, 5.41) is 0. The first-order valence-corrected chi connectivity index (χ1v) is 6.85. The zero-order chi connectivity index (χ0) is 11.5. The Balaban J connectivity index is 0. The third-order valence-corrected chi connectivity index (χ3v) is 3.36. The van der Waals surface area contributed by atoms with Crippen LogP contribution in [0.2, 0.25) is 0 Å². The summed E-state index contributed by atoms with van der Waals surface area (Å²) in [6, 6.07) is 0.755. The molecule has 0 heterocycles. The zero-order valence-corrected chi connectivity index (χ0v) is 11.9. The van der Waals surface area contributed by atoms with Crippen molar-refractivity contribution >= 4 is 0 Å². The number of hydrogen-bond acceptors (Lipinski definition) is 1. The Kier molecular flexibility index (Phi) is 14.8. The lowest BCUT2D eigenvalue weighted by atomic mass is 10.1. The summed E-state index contributed by atoms with van der Waals surface area (Å²) >= 11 is 0. The lowest BCUT2D eigenvalue weighted by molar-refractivity contribution is 0.291. The van der Waals surface area contributed by atoms with E-state index in [0.29, 0.717) is 0 Å². The number of nitrogens with zero attached hydrogens (tertiary/aromatic N) is 1. The van der Waals surface area contributed by atoms with Crippen molar-refractivity contribution in [1.82, 2.24) is 4.90 Å². The molecule has 0 aromatic carbocycles. The van der Waals surface area contributed by atoms with Gasteiger partial charge in [-0.25, -0.2) is 0 Å². The van der Waals surface area contributed by atoms with E-state index in [1.807, 2.05) is 0 Å². The predicted molar refractivity (Wildman–Crippen MR) is 74.0 cm³/mol. The monoisotopic (exact) mass is 231 g/mol. The molecular weight excluding hydrogens is 198 g/mol. The third-order valence-electron chi connectivity index (χ3n) is 3.36. The van der Waals surface area contributed by atoms with E-state index in [-0.39, 0.29) is 5.48 Å². The van der Waals surface area contributed by atoms with Gasteiger partial charge in [-0.1, -0.05) is 58.3 Å². The number of rotatable bonds is 10. The van der Waals surface area contributed by atoms with Crippen LogP contribution in [-0.4, -0.2) is 30.5 Å². The van der Waals surface area contributed by atoms with Crippen LogP contribution >= 0.6 is 0 Å². The van der Waals surface area contributed by atoms with Crippen LogP contribution in [0, 0.1) is 0 Å². The SMILES string of the molecule is CCCCCCCCCCC(C)N(C)C.O. The van der Waals surface area contributed by atoms with Gasteiger partial charge in [0.2, 0.25) is 0 Å². The quantitative estimate of drug-likeness (QED) is 0.529. The summed E-state index contributed by atoms with van der Waals surface area (Å²) in [6.07, 6.45) is 12.8. The van der Waals surface area contributed by atoms with Crippen LogP contribution in [0.1, 0.15) is 71.6 Å². The molecule has 0 rings (SSSR count). The van der Waals surface area contributed by atoms with Gasteiger partial charge >= 0.3 is 0 Å². The maximum atomic E-state index is 2.32. The summed E-state index contributed by atoms with van der Waals surface area (Å²) in [5.74, 6) is 0. The predicted octanol–water partition coefficient (Wildman–Crippen LogP) is 3.64. The molecule has 100 valence electrons. The highest BCUT2D eigenvalue weighted by Crippen LogP contribution is 2.11. The molecule has 0 aliphatic heterocycles. The summed E-state index contributed by atoms with van der Waals surface area (Å²) in [4.78, 5) is 2.32. The van der Waals surface area contributed by atoms with Crippen molar-refractivity contribution in [3.05, 3.63) is 0 Å². The van der Waals surface area contributed by atoms with Crippen LogP contribution in [-0.2, 0) is 0 Å². The highest BCUT2D eigenvalue weighted by Gasteiger charge is 2.02. The lowest BCUT2D eigenvalue weighted by Crippen LogP contribution is -2.24. The van der Waals surface area contributed by atoms with Gasteiger partial charge in [-0.2, -0.15) is 0 Å². The van der Waals surface area contributed by atoms with E-state index in [1.165, 1.54) is 57.8 Å². The highest BCUT2D eigenvalue weighted by molar-refractivity contribution is 4.59. The van der Waals surface area contributed by atoms with Crippen LogP contribution < -0.4 is 0 Å². The van der Waals surface area contributed by atoms with Gasteiger partial charge in [-0.3, -0.25) is 0 Å². The second-order valence-corrected chi connectivity index (χ2v) is 5.08. The van der Waals surface area contributed by atoms with Crippen molar-refractivity contribution in [2.45, 2.75) is 77.7 Å². The molecule has 1 unspecified atom stereocenters. The van der Waals surface area contributed by atoms with Gasteiger partial charge in [0.05, 0.1) is 0 Å². The molecule has 2 heteroatoms. The van der Waals surface area contributed by atoms with E-state index >= 15 is 0 Å². The van der Waals surface area contributed by atoms with Crippen molar-refractivity contribution in [3.63, 3.8) is 0 Å². The van der Waals surface area contributed by atoms with Gasteiger partial charge in [0.1, 0.15) is 0 Å². The van der Waals surface area contributed by atoms with Gasteiger partial charge in [-0.15, -0.1) is 0 Å². The molecule has 0 saturated heterocycles. The van der Waals surface area contributed by atoms with Crippen LogP contribution in [0.5, 0.6) is 0 Å². The van der Waals surface area contributed by atoms with E-state index in [1.54, 1.807) is 0 Å². The Bertz CT molecular complexity index is 126. The topological polar surface area (TPSA) is 34.7 Å². The zero-order valence-electron chi connectivity index (χ0n) is 11.9. The van der Waals surface area contributed by atoms with E-state index in [9.17, 15) is 0 Å². The molecule has 2 nitrogen and oxygen atoms in total. The average Bonchev–Trinajstić information content (AvgIpc) is 2.21. The van der Waals surface area contributed by atoms with Crippen LogP contribution in [0.3, 0.4) is 0 Å². The fourth-order valence-corrected chi connectivity index (χ4v) is 1.83. The van der Waals surface area contributed by atoms with Crippen LogP contribution in [0.15, 0.2) is 0 Å². The first-order valence-electron chi connectivity index (χ1n) is 6.85. The maximum Gasteiger partial charge on any atom is 0.00608 e. The smallest absolute Gasteiger partial charge is 0.00608 e. The summed E-state index contributed by atoms with van der Waals surface area (Å²) in [7, 11) is 4.35. The Morgan fingerprint density at radius 1 is 0.812 bits per heavy atom. The largest absolute Gasteiger partial charge is 0.412 e. The van der Waals surface area contributed by atoms with E-state index < -0.39 is 0 Å². The maximum absolute atomic E-state index is 2.32. The second kappa shape index (κ2) is 13.0. The fraction of sp³-hybridized carbons (Fsp3) is 1.00. The Morgan fingerprint density at radius 3 is 1.69 bits per heavy atom. The molecule has 1 atom stereocenters. The molecule has 0 aromatic heterocycles. The van der Waals surface area contributed by atoms with Gasteiger partial charge in [0, 0.05) is 6.04 Å². The molecule has 0 radical (unpaired) electrons. The highest BCUT2D eigenvalue weighted by atomic mass is 16.0. The normalized spacial score (nSPS) is 12.6. The second-order valence-electron chi connectivity index (χ2n) is 5.08. The standard InChI is InChI=1S/C14H31N.H2O/c1-5-6-7-8-9-10-11-12-13-14(2)15(3)4;/h14H,5-13H2,1-4H3;1H2. The van der Waals surface area contributed by atoms with E-state index in [0.717, 1.165) is 6.04 Å². The first kappa shape index (κ1) is 18.3. The molecule has 2 N–H and O–H groups in total. The third kappa shape index (κ3) is 12.0. The molecule has 0 aromatic rings. The molecule has 0 spiro atoms. The van der Waals surface area contributed by atoms with Crippen molar-refractivity contribution < 1.29 is 5.48 Å². The molecule has 0 bridgehead atoms. The van der Waals surface area contributed by atoms with E-state index in [4.69, 9.17) is 0 Å². The average molecular weight is 231 g/mol. The van der Waals surface area contributed by atoms with Crippen molar-refractivity contribution in [3.8, 4) is 0 Å². The minimum Gasteiger partial charge on any atom is -0.412 e. The van der Waals surface area contributed by atoms with Gasteiger partial charge in [0.15, 0.2) is 0 Å². The van der Waals surface area contributed by atoms with Crippen LogP contribution in [0.4, 0.5) is 0 Å². The molecule has 0 aliphatic carbocycles. The molecule has 0 saturated carbocycles. The van der Waals surface area contributed by atoms with Crippen molar-refractivity contribution in [2.24, 2.45) is 0 Å². The summed E-state index contributed by atoms with van der Waals surface area (Å²) in [5.41, 5.74) is 0. The van der Waals surface area contributed by atoms with Crippen molar-refractivity contribution in [2.75, 3.05) is 14.1 Å². The molecular formula is C14H33NO. The minimum absolute atomic E-state index is 0. The number of unbranched alkanes of at least 4 members (excludes halogenated alkanes) is 7. The molecule has 0 fully saturated rings. The molecule has 0 aliphatic rings. The first-order chi connectivity index (χ1) is 7.18. The lowest BCUT2D eigenvalue weighted by Gasteiger charge is -2.19. The molecule has 0 amide bonds. The van der Waals surface area contributed by atoms with Crippen molar-refractivity contribution in [1.29, 1.82) is 0 Å². The van der Waals surface area contributed by atoms with Gasteiger partial charge in [0.25, 0.3) is 0 Å². The number of hydrogen-bond donors (Lipinski definition) is 0. The summed E-state index contributed by atoms with van der Waals surface area (Å²) < 4.78 is 0. The minimum atomic E-state index is 0. The van der Waals surface area contributed by atoms with Gasteiger partial charge in [-0.05, 0) is 27.4 Å². The molecule has 16 heavy (non-hydrogen) atoms. The van der Waals surface area contributed by atoms with Gasteiger partial charge < -0.3 is 10.4 Å². The fourth-order valence-electron chi connectivity index (χ4n) is 1.83. The van der Waals surface area contributed by atoms with Crippen LogP contribution in [0.25, 0.3) is 0 Å².